The molecular weight excluding hydrogens is 332 g/mol. The van der Waals surface area contributed by atoms with Crippen molar-refractivity contribution in [2.45, 2.75) is 38.9 Å². The summed E-state index contributed by atoms with van der Waals surface area (Å²) in [4.78, 5) is 16.3. The molecule has 0 aliphatic carbocycles. The highest BCUT2D eigenvalue weighted by molar-refractivity contribution is 6.74. The van der Waals surface area contributed by atoms with Crippen molar-refractivity contribution in [1.29, 1.82) is 0 Å². The van der Waals surface area contributed by atoms with E-state index in [1.54, 1.807) is 17.0 Å². The minimum Gasteiger partial charge on any atom is -0.416 e. The third-order valence-corrected chi connectivity index (χ3v) is 9.79. The molecule has 1 amide bonds. The molecule has 1 heterocycles. The number of piperazine rings is 1. The van der Waals surface area contributed by atoms with Gasteiger partial charge < -0.3 is 14.1 Å². The van der Waals surface area contributed by atoms with Crippen molar-refractivity contribution in [2.24, 2.45) is 0 Å². The van der Waals surface area contributed by atoms with Crippen LogP contribution in [0.15, 0.2) is 30.3 Å². The Morgan fingerprint density at radius 3 is 2.24 bits per heavy atom. The first-order valence-corrected chi connectivity index (χ1v) is 12.0. The van der Waals surface area contributed by atoms with Gasteiger partial charge in [-0.3, -0.25) is 4.90 Å². The Morgan fingerprint density at radius 1 is 1.08 bits per heavy atom. The van der Waals surface area contributed by atoms with Gasteiger partial charge in [0, 0.05) is 39.3 Å². The molecular formula is C19H32N2O3Si. The molecule has 0 radical (unpaired) electrons. The molecule has 1 saturated heterocycles. The summed E-state index contributed by atoms with van der Waals surface area (Å²) in [5.41, 5.74) is 0. The summed E-state index contributed by atoms with van der Waals surface area (Å²) < 4.78 is 11.6. The number of para-hydroxylation sites is 1. The smallest absolute Gasteiger partial charge is 0.415 e. The van der Waals surface area contributed by atoms with E-state index in [4.69, 9.17) is 9.16 Å². The largest absolute Gasteiger partial charge is 0.416 e. The molecule has 0 N–H and O–H groups in total. The maximum Gasteiger partial charge on any atom is 0.415 e. The standard InChI is InChI=1S/C19H32N2O3Si/c1-19(2,3)25(4,5)23-16-15-20-11-13-21(14-12-20)18(22)24-17-9-7-6-8-10-17/h6-10H,11-16H2,1-5H3. The summed E-state index contributed by atoms with van der Waals surface area (Å²) in [6.07, 6.45) is -0.261. The molecule has 1 aromatic rings. The number of carbonyl (C=O) groups is 1. The van der Waals surface area contributed by atoms with E-state index in [-0.39, 0.29) is 11.1 Å². The summed E-state index contributed by atoms with van der Waals surface area (Å²) in [6.45, 7) is 16.2. The van der Waals surface area contributed by atoms with Gasteiger partial charge in [-0.25, -0.2) is 4.79 Å². The van der Waals surface area contributed by atoms with Crippen molar-refractivity contribution in [1.82, 2.24) is 9.80 Å². The molecule has 2 rings (SSSR count). The van der Waals surface area contributed by atoms with Crippen molar-refractivity contribution in [3.63, 3.8) is 0 Å². The summed E-state index contributed by atoms with van der Waals surface area (Å²) in [6, 6.07) is 9.23. The maximum absolute atomic E-state index is 12.2. The Hall–Kier alpha value is -1.37. The topological polar surface area (TPSA) is 42.0 Å². The lowest BCUT2D eigenvalue weighted by Gasteiger charge is -2.38. The number of hydrogen-bond donors (Lipinski definition) is 0. The summed E-state index contributed by atoms with van der Waals surface area (Å²) >= 11 is 0. The first kappa shape index (κ1) is 19.9. The maximum atomic E-state index is 12.2. The highest BCUT2D eigenvalue weighted by atomic mass is 28.4. The lowest BCUT2D eigenvalue weighted by atomic mass is 10.2. The Morgan fingerprint density at radius 2 is 1.68 bits per heavy atom. The molecule has 0 saturated carbocycles. The fourth-order valence-corrected chi connectivity index (χ4v) is 3.49. The molecule has 5 nitrogen and oxygen atoms in total. The van der Waals surface area contributed by atoms with E-state index in [0.717, 1.165) is 26.2 Å². The van der Waals surface area contributed by atoms with Crippen LogP contribution in [-0.2, 0) is 4.43 Å². The van der Waals surface area contributed by atoms with Crippen molar-refractivity contribution in [3.05, 3.63) is 30.3 Å². The number of nitrogens with zero attached hydrogens (tertiary/aromatic N) is 2. The zero-order valence-corrected chi connectivity index (χ0v) is 17.2. The predicted molar refractivity (Wildman–Crippen MR) is 104 cm³/mol. The van der Waals surface area contributed by atoms with Crippen LogP contribution in [0.1, 0.15) is 20.8 Å². The first-order chi connectivity index (χ1) is 11.7. The number of carbonyl (C=O) groups excluding carboxylic acids is 1. The van der Waals surface area contributed by atoms with Gasteiger partial charge in [-0.15, -0.1) is 0 Å². The minimum atomic E-state index is -1.68. The number of hydrogen-bond acceptors (Lipinski definition) is 4. The lowest BCUT2D eigenvalue weighted by molar-refractivity contribution is 0.101. The van der Waals surface area contributed by atoms with Gasteiger partial charge >= 0.3 is 6.09 Å². The summed E-state index contributed by atoms with van der Waals surface area (Å²) in [5.74, 6) is 0.595. The zero-order chi connectivity index (χ0) is 18.5. The molecule has 0 atom stereocenters. The Bertz CT molecular complexity index is 550. The number of benzene rings is 1. The van der Waals surface area contributed by atoms with Gasteiger partial charge in [-0.05, 0) is 30.3 Å². The monoisotopic (exact) mass is 364 g/mol. The molecule has 25 heavy (non-hydrogen) atoms. The highest BCUT2D eigenvalue weighted by Crippen LogP contribution is 2.36. The van der Waals surface area contributed by atoms with Crippen LogP contribution in [0.3, 0.4) is 0 Å². The minimum absolute atomic E-state index is 0.243. The van der Waals surface area contributed by atoms with Crippen molar-refractivity contribution < 1.29 is 14.0 Å². The van der Waals surface area contributed by atoms with Crippen LogP contribution in [0.2, 0.25) is 18.1 Å². The van der Waals surface area contributed by atoms with Crippen LogP contribution in [0.25, 0.3) is 0 Å². The second-order valence-corrected chi connectivity index (χ2v) is 12.9. The Balaban J connectivity index is 1.70. The Kier molecular flexibility index (Phi) is 6.65. The molecule has 6 heteroatoms. The van der Waals surface area contributed by atoms with Gasteiger partial charge in [0.05, 0.1) is 0 Å². The molecule has 0 aromatic heterocycles. The second-order valence-electron chi connectivity index (χ2n) is 8.12. The molecule has 1 aromatic carbocycles. The van der Waals surface area contributed by atoms with Gasteiger partial charge in [0.15, 0.2) is 8.32 Å². The van der Waals surface area contributed by atoms with Crippen LogP contribution in [0.5, 0.6) is 5.75 Å². The van der Waals surface area contributed by atoms with Crippen LogP contribution in [-0.4, -0.2) is 63.5 Å². The van der Waals surface area contributed by atoms with E-state index >= 15 is 0 Å². The van der Waals surface area contributed by atoms with Crippen molar-refractivity contribution in [3.8, 4) is 5.75 Å². The summed E-state index contributed by atoms with van der Waals surface area (Å²) in [5, 5.41) is 0.243. The molecule has 1 aliphatic rings. The number of amides is 1. The molecule has 0 unspecified atom stereocenters. The normalized spacial score (nSPS) is 16.8. The first-order valence-electron chi connectivity index (χ1n) is 9.07. The predicted octanol–water partition coefficient (Wildman–Crippen LogP) is 3.82. The van der Waals surface area contributed by atoms with E-state index < -0.39 is 8.32 Å². The van der Waals surface area contributed by atoms with E-state index in [1.807, 2.05) is 18.2 Å². The van der Waals surface area contributed by atoms with E-state index in [2.05, 4.69) is 38.8 Å². The molecule has 140 valence electrons. The fraction of sp³-hybridized carbons (Fsp3) is 0.632. The van der Waals surface area contributed by atoms with E-state index in [1.165, 1.54) is 0 Å². The number of ether oxygens (including phenoxy) is 1. The SMILES string of the molecule is CC(C)(C)[Si](C)(C)OCCN1CCN(C(=O)Oc2ccccc2)CC1. The summed E-state index contributed by atoms with van der Waals surface area (Å²) in [7, 11) is -1.68. The molecule has 0 spiro atoms. The zero-order valence-electron chi connectivity index (χ0n) is 16.2. The third-order valence-electron chi connectivity index (χ3n) is 5.26. The van der Waals surface area contributed by atoms with Crippen LogP contribution in [0, 0.1) is 0 Å². The van der Waals surface area contributed by atoms with E-state index in [9.17, 15) is 4.79 Å². The average molecular weight is 365 g/mol. The molecule has 1 aliphatic heterocycles. The van der Waals surface area contributed by atoms with Crippen LogP contribution in [0.4, 0.5) is 4.79 Å². The van der Waals surface area contributed by atoms with Gasteiger partial charge in [0.2, 0.25) is 0 Å². The average Bonchev–Trinajstić information content (AvgIpc) is 2.55. The van der Waals surface area contributed by atoms with Gasteiger partial charge in [-0.2, -0.15) is 0 Å². The van der Waals surface area contributed by atoms with Crippen LogP contribution >= 0.6 is 0 Å². The van der Waals surface area contributed by atoms with Crippen molar-refractivity contribution in [2.75, 3.05) is 39.3 Å². The van der Waals surface area contributed by atoms with Crippen LogP contribution < -0.4 is 4.74 Å². The molecule has 0 bridgehead atoms. The quantitative estimate of drug-likeness (QED) is 0.745. The lowest BCUT2D eigenvalue weighted by Crippen LogP contribution is -2.51. The second kappa shape index (κ2) is 8.34. The van der Waals surface area contributed by atoms with Gasteiger partial charge in [-0.1, -0.05) is 39.0 Å². The third kappa shape index (κ3) is 5.83. The fourth-order valence-electron chi connectivity index (χ4n) is 2.45. The van der Waals surface area contributed by atoms with Gasteiger partial charge in [0.1, 0.15) is 5.75 Å². The molecule has 1 fully saturated rings. The van der Waals surface area contributed by atoms with E-state index in [0.29, 0.717) is 18.8 Å². The van der Waals surface area contributed by atoms with Gasteiger partial charge in [0.25, 0.3) is 0 Å². The highest BCUT2D eigenvalue weighted by Gasteiger charge is 2.37. The number of rotatable bonds is 5. The Labute approximate surface area is 153 Å². The van der Waals surface area contributed by atoms with Crippen molar-refractivity contribution >= 4 is 14.4 Å².